The smallest absolute Gasteiger partial charge is 0.203 e. The van der Waals surface area contributed by atoms with Crippen LogP contribution in [0, 0.1) is 5.92 Å². The van der Waals surface area contributed by atoms with E-state index in [0.29, 0.717) is 35.8 Å². The van der Waals surface area contributed by atoms with Crippen LogP contribution in [0.25, 0.3) is 0 Å². The highest BCUT2D eigenvalue weighted by atomic mass is 16.5. The van der Waals surface area contributed by atoms with Crippen LogP contribution < -0.4 is 19.5 Å². The van der Waals surface area contributed by atoms with Crippen molar-refractivity contribution in [1.82, 2.24) is 5.32 Å². The molecule has 0 saturated carbocycles. The molecular weight excluding hydrogens is 266 g/mol. The van der Waals surface area contributed by atoms with Gasteiger partial charge in [0, 0.05) is 6.04 Å². The number of hydrogen-bond acceptors (Lipinski definition) is 4. The molecule has 0 radical (unpaired) electrons. The Morgan fingerprint density at radius 1 is 1.10 bits per heavy atom. The predicted molar refractivity (Wildman–Crippen MR) is 86.6 cm³/mol. The average molecular weight is 295 g/mol. The lowest BCUT2D eigenvalue weighted by Crippen LogP contribution is -2.40. The Kier molecular flexibility index (Phi) is 7.98. The lowest BCUT2D eigenvalue weighted by molar-refractivity contribution is 0.206. The Labute approximate surface area is 128 Å². The highest BCUT2D eigenvalue weighted by Gasteiger charge is 2.18. The van der Waals surface area contributed by atoms with Gasteiger partial charge in [0.2, 0.25) is 5.75 Å². The molecule has 0 bridgehead atoms. The minimum atomic E-state index is 0.324. The SMILES string of the molecule is CCCNC(COc1c(OC)cccc1OC)C(C)CC. The first-order valence-corrected chi connectivity index (χ1v) is 7.75. The van der Waals surface area contributed by atoms with Crippen LogP contribution in [0.3, 0.4) is 0 Å². The molecule has 4 nitrogen and oxygen atoms in total. The van der Waals surface area contributed by atoms with Crippen molar-refractivity contribution < 1.29 is 14.2 Å². The average Bonchev–Trinajstić information content (AvgIpc) is 2.53. The van der Waals surface area contributed by atoms with Gasteiger partial charge in [0.1, 0.15) is 6.61 Å². The number of hydrogen-bond donors (Lipinski definition) is 1. The third-order valence-electron chi connectivity index (χ3n) is 3.78. The highest BCUT2D eigenvalue weighted by molar-refractivity contribution is 5.51. The predicted octanol–water partition coefficient (Wildman–Crippen LogP) is 3.50. The Bertz CT molecular complexity index is 387. The van der Waals surface area contributed by atoms with Crippen LogP contribution in [0.15, 0.2) is 18.2 Å². The molecule has 1 aromatic rings. The molecule has 4 heteroatoms. The van der Waals surface area contributed by atoms with E-state index in [1.165, 1.54) is 0 Å². The van der Waals surface area contributed by atoms with Crippen LogP contribution in [0.1, 0.15) is 33.6 Å². The number of methoxy groups -OCH3 is 2. The van der Waals surface area contributed by atoms with Gasteiger partial charge >= 0.3 is 0 Å². The lowest BCUT2D eigenvalue weighted by Gasteiger charge is -2.25. The third-order valence-corrected chi connectivity index (χ3v) is 3.78. The van der Waals surface area contributed by atoms with Gasteiger partial charge in [0.25, 0.3) is 0 Å². The molecule has 0 amide bonds. The van der Waals surface area contributed by atoms with Gasteiger partial charge in [-0.05, 0) is 31.0 Å². The minimum absolute atomic E-state index is 0.324. The Hall–Kier alpha value is -1.42. The fraction of sp³-hybridized carbons (Fsp3) is 0.647. The van der Waals surface area contributed by atoms with Gasteiger partial charge in [-0.2, -0.15) is 0 Å². The van der Waals surface area contributed by atoms with Gasteiger partial charge < -0.3 is 19.5 Å². The molecule has 120 valence electrons. The van der Waals surface area contributed by atoms with Gasteiger partial charge in [0.05, 0.1) is 14.2 Å². The topological polar surface area (TPSA) is 39.7 Å². The molecule has 0 aliphatic rings. The molecule has 0 heterocycles. The summed E-state index contributed by atoms with van der Waals surface area (Å²) in [4.78, 5) is 0. The number of benzene rings is 1. The van der Waals surface area contributed by atoms with Crippen molar-refractivity contribution in [2.75, 3.05) is 27.4 Å². The molecule has 2 atom stereocenters. The lowest BCUT2D eigenvalue weighted by atomic mass is 10.00. The largest absolute Gasteiger partial charge is 0.493 e. The van der Waals surface area contributed by atoms with E-state index in [9.17, 15) is 0 Å². The summed E-state index contributed by atoms with van der Waals surface area (Å²) in [7, 11) is 3.28. The zero-order valence-corrected chi connectivity index (χ0v) is 13.9. The fourth-order valence-electron chi connectivity index (χ4n) is 2.17. The van der Waals surface area contributed by atoms with Crippen LogP contribution in [-0.2, 0) is 0 Å². The summed E-state index contributed by atoms with van der Waals surface area (Å²) in [6.45, 7) is 8.23. The van der Waals surface area contributed by atoms with Gasteiger partial charge in [-0.3, -0.25) is 0 Å². The molecule has 1 aromatic carbocycles. The molecular formula is C17H29NO3. The van der Waals surface area contributed by atoms with Gasteiger partial charge in [-0.1, -0.05) is 33.3 Å². The monoisotopic (exact) mass is 295 g/mol. The Morgan fingerprint density at radius 2 is 1.71 bits per heavy atom. The second kappa shape index (κ2) is 9.50. The van der Waals surface area contributed by atoms with Crippen molar-refractivity contribution in [2.24, 2.45) is 5.92 Å². The Morgan fingerprint density at radius 3 is 2.19 bits per heavy atom. The molecule has 0 aliphatic heterocycles. The molecule has 21 heavy (non-hydrogen) atoms. The maximum atomic E-state index is 6.02. The molecule has 0 spiro atoms. The second-order valence-electron chi connectivity index (χ2n) is 5.25. The zero-order valence-electron chi connectivity index (χ0n) is 13.9. The van der Waals surface area contributed by atoms with E-state index in [1.54, 1.807) is 14.2 Å². The van der Waals surface area contributed by atoms with E-state index in [2.05, 4.69) is 26.1 Å². The van der Waals surface area contributed by atoms with Gasteiger partial charge in [-0.15, -0.1) is 0 Å². The summed E-state index contributed by atoms with van der Waals surface area (Å²) < 4.78 is 16.7. The summed E-state index contributed by atoms with van der Waals surface area (Å²) in [5.74, 6) is 2.63. The number of nitrogens with one attached hydrogen (secondary N) is 1. The first-order valence-electron chi connectivity index (χ1n) is 7.75. The molecule has 0 saturated heterocycles. The number of para-hydroxylation sites is 1. The number of rotatable bonds is 10. The van der Waals surface area contributed by atoms with Crippen molar-refractivity contribution >= 4 is 0 Å². The van der Waals surface area contributed by atoms with Crippen LogP contribution in [0.2, 0.25) is 0 Å². The van der Waals surface area contributed by atoms with Crippen LogP contribution in [-0.4, -0.2) is 33.4 Å². The van der Waals surface area contributed by atoms with Gasteiger partial charge in [-0.25, -0.2) is 0 Å². The molecule has 0 aliphatic carbocycles. The summed E-state index contributed by atoms with van der Waals surface area (Å²) in [5.41, 5.74) is 0. The molecule has 0 aromatic heterocycles. The first kappa shape index (κ1) is 17.6. The van der Waals surface area contributed by atoms with Crippen molar-refractivity contribution in [2.45, 2.75) is 39.7 Å². The highest BCUT2D eigenvalue weighted by Crippen LogP contribution is 2.36. The van der Waals surface area contributed by atoms with Crippen molar-refractivity contribution in [1.29, 1.82) is 0 Å². The van der Waals surface area contributed by atoms with Crippen LogP contribution >= 0.6 is 0 Å². The van der Waals surface area contributed by atoms with Crippen LogP contribution in [0.4, 0.5) is 0 Å². The molecule has 1 N–H and O–H groups in total. The third kappa shape index (κ3) is 5.12. The second-order valence-corrected chi connectivity index (χ2v) is 5.25. The van der Waals surface area contributed by atoms with E-state index in [4.69, 9.17) is 14.2 Å². The van der Waals surface area contributed by atoms with Crippen molar-refractivity contribution in [3.63, 3.8) is 0 Å². The van der Waals surface area contributed by atoms with E-state index >= 15 is 0 Å². The standard InChI is InChI=1S/C17H29NO3/c1-6-11-18-14(13(3)7-2)12-21-17-15(19-4)9-8-10-16(17)20-5/h8-10,13-14,18H,6-7,11-12H2,1-5H3. The number of ether oxygens (including phenoxy) is 3. The van der Waals surface area contributed by atoms with Crippen molar-refractivity contribution in [3.8, 4) is 17.2 Å². The van der Waals surface area contributed by atoms with E-state index < -0.39 is 0 Å². The summed E-state index contributed by atoms with van der Waals surface area (Å²) >= 11 is 0. The molecule has 0 fully saturated rings. The van der Waals surface area contributed by atoms with E-state index in [1.807, 2.05) is 18.2 Å². The molecule has 2 unspecified atom stereocenters. The first-order chi connectivity index (χ1) is 10.2. The maximum absolute atomic E-state index is 6.02. The van der Waals surface area contributed by atoms with Crippen molar-refractivity contribution in [3.05, 3.63) is 18.2 Å². The fourth-order valence-corrected chi connectivity index (χ4v) is 2.17. The summed E-state index contributed by atoms with van der Waals surface area (Å²) in [5, 5.41) is 3.56. The van der Waals surface area contributed by atoms with Crippen LogP contribution in [0.5, 0.6) is 17.2 Å². The Balaban J connectivity index is 2.78. The molecule has 1 rings (SSSR count). The van der Waals surface area contributed by atoms with Gasteiger partial charge in [0.15, 0.2) is 11.5 Å². The minimum Gasteiger partial charge on any atom is -0.493 e. The van der Waals surface area contributed by atoms with E-state index in [0.717, 1.165) is 19.4 Å². The summed E-state index contributed by atoms with van der Waals surface area (Å²) in [6, 6.07) is 5.99. The maximum Gasteiger partial charge on any atom is 0.203 e. The summed E-state index contributed by atoms with van der Waals surface area (Å²) in [6.07, 6.45) is 2.23. The normalized spacial score (nSPS) is 13.6. The van der Waals surface area contributed by atoms with E-state index in [-0.39, 0.29) is 0 Å². The quantitative estimate of drug-likeness (QED) is 0.717. The zero-order chi connectivity index (χ0) is 15.7.